The Morgan fingerprint density at radius 1 is 0.690 bits per heavy atom. The van der Waals surface area contributed by atoms with Gasteiger partial charge in [-0.3, -0.25) is 4.79 Å². The van der Waals surface area contributed by atoms with E-state index in [1.807, 2.05) is 0 Å². The molecule has 0 fully saturated rings. The van der Waals surface area contributed by atoms with Crippen LogP contribution in [0.5, 0.6) is 0 Å². The molecular formula is C25H50O4. The Hall–Kier alpha value is -0.610. The average molecular weight is 415 g/mol. The van der Waals surface area contributed by atoms with Crippen LogP contribution < -0.4 is 0 Å². The second-order valence-electron chi connectivity index (χ2n) is 8.42. The van der Waals surface area contributed by atoms with Gasteiger partial charge in [0, 0.05) is 13.0 Å². The summed E-state index contributed by atoms with van der Waals surface area (Å²) in [6, 6.07) is 0. The summed E-state index contributed by atoms with van der Waals surface area (Å²) in [5, 5.41) is 9.39. The van der Waals surface area contributed by atoms with Gasteiger partial charge in [-0.1, -0.05) is 110 Å². The van der Waals surface area contributed by atoms with Gasteiger partial charge in [-0.2, -0.15) is 0 Å². The van der Waals surface area contributed by atoms with Gasteiger partial charge >= 0.3 is 5.97 Å². The number of esters is 1. The number of ether oxygens (including phenoxy) is 2. The van der Waals surface area contributed by atoms with Crippen LogP contribution in [0.3, 0.4) is 0 Å². The van der Waals surface area contributed by atoms with E-state index in [4.69, 9.17) is 9.47 Å². The molecule has 4 heteroatoms. The monoisotopic (exact) mass is 414 g/mol. The Balaban J connectivity index is 3.44. The third-order valence-corrected chi connectivity index (χ3v) is 5.43. The summed E-state index contributed by atoms with van der Waals surface area (Å²) in [6.45, 7) is 5.29. The number of aliphatic hydroxyl groups is 1. The molecule has 1 atom stereocenters. The molecule has 0 saturated carbocycles. The molecule has 0 aliphatic rings. The summed E-state index contributed by atoms with van der Waals surface area (Å²) in [4.78, 5) is 11.9. The molecule has 0 aromatic rings. The van der Waals surface area contributed by atoms with Crippen molar-refractivity contribution in [2.75, 3.05) is 19.8 Å². The molecule has 0 aromatic carbocycles. The van der Waals surface area contributed by atoms with Crippen LogP contribution in [0.2, 0.25) is 0 Å². The van der Waals surface area contributed by atoms with E-state index in [0.717, 1.165) is 19.3 Å². The van der Waals surface area contributed by atoms with Crippen molar-refractivity contribution in [1.29, 1.82) is 0 Å². The smallest absolute Gasteiger partial charge is 0.306 e. The predicted molar refractivity (Wildman–Crippen MR) is 122 cm³/mol. The number of unbranched alkanes of at least 4 members (excludes halogenated alkanes) is 15. The summed E-state index contributed by atoms with van der Waals surface area (Å²) in [6.07, 6.45) is 21.2. The van der Waals surface area contributed by atoms with E-state index >= 15 is 0 Å². The lowest BCUT2D eigenvalue weighted by Crippen LogP contribution is -2.27. The van der Waals surface area contributed by atoms with Gasteiger partial charge in [0.15, 0.2) is 0 Å². The first-order valence-electron chi connectivity index (χ1n) is 12.6. The third kappa shape index (κ3) is 21.9. The molecule has 0 heterocycles. The van der Waals surface area contributed by atoms with Crippen molar-refractivity contribution < 1.29 is 19.4 Å². The highest BCUT2D eigenvalue weighted by Gasteiger charge is 2.13. The van der Waals surface area contributed by atoms with Crippen LogP contribution in [0.1, 0.15) is 129 Å². The lowest BCUT2D eigenvalue weighted by molar-refractivity contribution is -0.154. The molecule has 0 radical (unpaired) electrons. The van der Waals surface area contributed by atoms with Crippen LogP contribution in [-0.4, -0.2) is 37.0 Å². The van der Waals surface area contributed by atoms with Gasteiger partial charge in [0.05, 0.1) is 13.2 Å². The highest BCUT2D eigenvalue weighted by atomic mass is 16.6. The lowest BCUT2D eigenvalue weighted by atomic mass is 10.1. The number of hydrogen-bond donors (Lipinski definition) is 1. The first-order valence-corrected chi connectivity index (χ1v) is 12.6. The lowest BCUT2D eigenvalue weighted by Gasteiger charge is -2.15. The van der Waals surface area contributed by atoms with E-state index in [9.17, 15) is 9.90 Å². The van der Waals surface area contributed by atoms with Crippen molar-refractivity contribution in [2.45, 2.75) is 136 Å². The molecule has 29 heavy (non-hydrogen) atoms. The fourth-order valence-corrected chi connectivity index (χ4v) is 3.50. The van der Waals surface area contributed by atoms with Gasteiger partial charge in [0.2, 0.25) is 0 Å². The van der Waals surface area contributed by atoms with Crippen LogP contribution in [0.4, 0.5) is 0 Å². The van der Waals surface area contributed by atoms with E-state index in [0.29, 0.717) is 19.6 Å². The van der Waals surface area contributed by atoms with E-state index in [1.165, 1.54) is 89.9 Å². The first kappa shape index (κ1) is 28.4. The highest BCUT2D eigenvalue weighted by Crippen LogP contribution is 2.11. The van der Waals surface area contributed by atoms with Crippen molar-refractivity contribution in [3.8, 4) is 0 Å². The summed E-state index contributed by atoms with van der Waals surface area (Å²) in [5.41, 5.74) is 0. The van der Waals surface area contributed by atoms with Crippen LogP contribution in [0, 0.1) is 0 Å². The van der Waals surface area contributed by atoms with Crippen molar-refractivity contribution in [3.63, 3.8) is 0 Å². The highest BCUT2D eigenvalue weighted by molar-refractivity contribution is 5.69. The molecule has 4 nitrogen and oxygen atoms in total. The van der Waals surface area contributed by atoms with E-state index in [-0.39, 0.29) is 12.6 Å². The number of rotatable bonds is 23. The molecule has 0 spiro atoms. The third-order valence-electron chi connectivity index (χ3n) is 5.43. The quantitative estimate of drug-likeness (QED) is 0.145. The zero-order valence-electron chi connectivity index (χ0n) is 19.6. The molecule has 0 aliphatic heterocycles. The fraction of sp³-hybridized carbons (Fsp3) is 0.960. The van der Waals surface area contributed by atoms with Gasteiger partial charge in [0.25, 0.3) is 0 Å². The minimum Gasteiger partial charge on any atom is -0.457 e. The van der Waals surface area contributed by atoms with Gasteiger partial charge in [-0.25, -0.2) is 0 Å². The number of aliphatic hydroxyl groups excluding tert-OH is 1. The maximum Gasteiger partial charge on any atom is 0.306 e. The number of carbonyl (C=O) groups is 1. The molecule has 0 amide bonds. The van der Waals surface area contributed by atoms with Gasteiger partial charge < -0.3 is 14.6 Å². The Morgan fingerprint density at radius 3 is 1.62 bits per heavy atom. The van der Waals surface area contributed by atoms with Crippen molar-refractivity contribution in [2.24, 2.45) is 0 Å². The maximum atomic E-state index is 11.9. The van der Waals surface area contributed by atoms with E-state index in [1.54, 1.807) is 0 Å². The van der Waals surface area contributed by atoms with Crippen molar-refractivity contribution in [3.05, 3.63) is 0 Å². The molecule has 0 aliphatic carbocycles. The molecule has 1 N–H and O–H groups in total. The predicted octanol–water partition coefficient (Wildman–Crippen LogP) is 6.97. The second-order valence-corrected chi connectivity index (χ2v) is 8.42. The van der Waals surface area contributed by atoms with E-state index in [2.05, 4.69) is 13.8 Å². The Kier molecular flexibility index (Phi) is 23.2. The molecular weight excluding hydrogens is 364 g/mol. The summed E-state index contributed by atoms with van der Waals surface area (Å²) in [5.74, 6) is -0.208. The molecule has 0 saturated heterocycles. The normalized spacial score (nSPS) is 12.2. The SMILES string of the molecule is CCCCCCCCCCCCOCC(CO)OC(=O)CCCCCCCCC. The first-order chi connectivity index (χ1) is 14.2. The van der Waals surface area contributed by atoms with Crippen LogP contribution in [-0.2, 0) is 14.3 Å². The Labute approximate surface area is 181 Å². The number of carbonyl (C=O) groups excluding carboxylic acids is 1. The van der Waals surface area contributed by atoms with Crippen LogP contribution >= 0.6 is 0 Å². The van der Waals surface area contributed by atoms with Crippen LogP contribution in [0.15, 0.2) is 0 Å². The van der Waals surface area contributed by atoms with Crippen LogP contribution in [0.25, 0.3) is 0 Å². The standard InChI is InChI=1S/C25H50O4/c1-3-5-7-9-11-12-13-15-17-19-21-28-23-24(22-26)29-25(27)20-18-16-14-10-8-6-4-2/h24,26H,3-23H2,1-2H3. The molecule has 0 rings (SSSR count). The Morgan fingerprint density at radius 2 is 1.14 bits per heavy atom. The number of hydrogen-bond acceptors (Lipinski definition) is 4. The van der Waals surface area contributed by atoms with Crippen molar-refractivity contribution in [1.82, 2.24) is 0 Å². The minimum absolute atomic E-state index is 0.166. The molecule has 0 bridgehead atoms. The molecule has 174 valence electrons. The zero-order chi connectivity index (χ0) is 21.4. The maximum absolute atomic E-state index is 11.9. The van der Waals surface area contributed by atoms with Gasteiger partial charge in [-0.05, 0) is 12.8 Å². The molecule has 0 aromatic heterocycles. The summed E-state index contributed by atoms with van der Waals surface area (Å²) in [7, 11) is 0. The van der Waals surface area contributed by atoms with Crippen molar-refractivity contribution >= 4 is 5.97 Å². The minimum atomic E-state index is -0.518. The summed E-state index contributed by atoms with van der Waals surface area (Å²) >= 11 is 0. The topological polar surface area (TPSA) is 55.8 Å². The average Bonchev–Trinajstić information content (AvgIpc) is 2.73. The zero-order valence-corrected chi connectivity index (χ0v) is 19.6. The summed E-state index contributed by atoms with van der Waals surface area (Å²) < 4.78 is 10.9. The largest absolute Gasteiger partial charge is 0.457 e. The van der Waals surface area contributed by atoms with E-state index < -0.39 is 6.10 Å². The molecule has 1 unspecified atom stereocenters. The van der Waals surface area contributed by atoms with Gasteiger partial charge in [0.1, 0.15) is 6.10 Å². The van der Waals surface area contributed by atoms with Gasteiger partial charge in [-0.15, -0.1) is 0 Å². The Bertz CT molecular complexity index is 333. The second kappa shape index (κ2) is 23.7. The fourth-order valence-electron chi connectivity index (χ4n) is 3.50.